The Morgan fingerprint density at radius 3 is 2.29 bits per heavy atom. The molecular weight excluding hydrogens is 534 g/mol. The quantitative estimate of drug-likeness (QED) is 0.235. The van der Waals surface area contributed by atoms with E-state index in [1.807, 2.05) is 13.8 Å². The molecule has 1 aliphatic heterocycles. The first-order chi connectivity index (χ1) is 17.6. The highest BCUT2D eigenvalue weighted by Crippen LogP contribution is 2.59. The lowest BCUT2D eigenvalue weighted by atomic mass is 9.78. The van der Waals surface area contributed by atoms with Crippen molar-refractivity contribution in [1.82, 2.24) is 0 Å². The van der Waals surface area contributed by atoms with Gasteiger partial charge in [0, 0.05) is 11.8 Å². The van der Waals surface area contributed by atoms with Crippen LogP contribution in [0.25, 0.3) is 0 Å². The molecule has 3 saturated carbocycles. The molecule has 3 aliphatic carbocycles. The first kappa shape index (κ1) is 28.7. The van der Waals surface area contributed by atoms with Crippen LogP contribution in [0.3, 0.4) is 0 Å². The number of fused-ring (bicyclic) bond motifs is 1. The van der Waals surface area contributed by atoms with Gasteiger partial charge in [0.25, 0.3) is 0 Å². The highest BCUT2D eigenvalue weighted by atomic mass is 32.2. The van der Waals surface area contributed by atoms with Gasteiger partial charge in [0.1, 0.15) is 17.8 Å². The fourth-order valence-electron chi connectivity index (χ4n) is 6.46. The summed E-state index contributed by atoms with van der Waals surface area (Å²) in [6, 6.07) is 0. The van der Waals surface area contributed by atoms with Crippen LogP contribution in [-0.2, 0) is 48.2 Å². The SMILES string of the molecule is CC(C)C1(OC(=O)C2C3CC4C(OC(=O)C42)C3OC(=O)CCC(=O)OC(C)C(F)(F)S(=O)(=O)O)CCCC1. The molecule has 11 nitrogen and oxygen atoms in total. The molecule has 14 heteroatoms. The van der Waals surface area contributed by atoms with E-state index in [4.69, 9.17) is 18.8 Å². The van der Waals surface area contributed by atoms with Crippen molar-refractivity contribution < 1.29 is 59.9 Å². The molecular formula is C24H32F2O11S. The molecule has 1 heterocycles. The van der Waals surface area contributed by atoms with Gasteiger partial charge in [0.15, 0.2) is 6.10 Å². The average molecular weight is 567 g/mol. The minimum Gasteiger partial charge on any atom is -0.459 e. The predicted molar refractivity (Wildman–Crippen MR) is 122 cm³/mol. The standard InChI is InChI=1S/C24H32F2O11S/c1-11(2)23(8-4-5-9-23)37-22(30)18-14-10-13-17(18)21(29)36-20(13)19(14)35-16(28)7-6-15(27)34-12(3)24(25,26)38(31,32)33/h11-14,17-20H,4-10H2,1-3H3,(H,31,32,33). The summed E-state index contributed by atoms with van der Waals surface area (Å²) in [5.41, 5.74) is -0.601. The van der Waals surface area contributed by atoms with Gasteiger partial charge >= 0.3 is 39.2 Å². The summed E-state index contributed by atoms with van der Waals surface area (Å²) in [7, 11) is -5.82. The molecule has 7 unspecified atom stereocenters. The second-order valence-electron chi connectivity index (χ2n) is 11.0. The van der Waals surface area contributed by atoms with Gasteiger partial charge in [-0.05, 0) is 44.9 Å². The van der Waals surface area contributed by atoms with E-state index < -0.39 is 93.8 Å². The zero-order chi connectivity index (χ0) is 28.2. The number of esters is 4. The van der Waals surface area contributed by atoms with E-state index in [9.17, 15) is 36.4 Å². The molecule has 2 bridgehead atoms. The summed E-state index contributed by atoms with van der Waals surface area (Å²) < 4.78 is 78.6. The maximum atomic E-state index is 13.6. The van der Waals surface area contributed by atoms with Crippen LogP contribution in [0.2, 0.25) is 0 Å². The van der Waals surface area contributed by atoms with Crippen molar-refractivity contribution >= 4 is 34.0 Å². The van der Waals surface area contributed by atoms with Crippen LogP contribution in [-0.4, -0.2) is 66.0 Å². The van der Waals surface area contributed by atoms with Crippen LogP contribution in [0.15, 0.2) is 0 Å². The van der Waals surface area contributed by atoms with Crippen molar-refractivity contribution in [2.45, 2.75) is 94.9 Å². The van der Waals surface area contributed by atoms with Crippen molar-refractivity contribution in [2.24, 2.45) is 29.6 Å². The molecule has 0 spiro atoms. The molecule has 38 heavy (non-hydrogen) atoms. The number of alkyl halides is 2. The highest BCUT2D eigenvalue weighted by Gasteiger charge is 2.70. The largest absolute Gasteiger partial charge is 0.459 e. The molecule has 0 aromatic carbocycles. The summed E-state index contributed by atoms with van der Waals surface area (Å²) in [6.45, 7) is 4.55. The van der Waals surface area contributed by atoms with Crippen molar-refractivity contribution in [3.63, 3.8) is 0 Å². The van der Waals surface area contributed by atoms with Gasteiger partial charge in [-0.25, -0.2) is 0 Å². The number of rotatable bonds is 10. The van der Waals surface area contributed by atoms with Crippen molar-refractivity contribution in [2.75, 3.05) is 0 Å². The zero-order valence-corrected chi connectivity index (χ0v) is 22.1. The third kappa shape index (κ3) is 4.89. The predicted octanol–water partition coefficient (Wildman–Crippen LogP) is 2.41. The van der Waals surface area contributed by atoms with Gasteiger partial charge in [-0.15, -0.1) is 0 Å². The van der Waals surface area contributed by atoms with Gasteiger partial charge in [-0.2, -0.15) is 17.2 Å². The monoisotopic (exact) mass is 566 g/mol. The number of halogens is 2. The van der Waals surface area contributed by atoms with Crippen molar-refractivity contribution in [3.05, 3.63) is 0 Å². The Kier molecular flexibility index (Phi) is 7.54. The van der Waals surface area contributed by atoms with Crippen molar-refractivity contribution in [3.8, 4) is 0 Å². The van der Waals surface area contributed by atoms with Crippen LogP contribution >= 0.6 is 0 Å². The maximum absolute atomic E-state index is 13.6. The van der Waals surface area contributed by atoms with Crippen LogP contribution in [0, 0.1) is 29.6 Å². The van der Waals surface area contributed by atoms with E-state index >= 15 is 0 Å². The van der Waals surface area contributed by atoms with E-state index in [0.29, 0.717) is 13.3 Å². The average Bonchev–Trinajstić information content (AvgIpc) is 3.55. The summed E-state index contributed by atoms with van der Waals surface area (Å²) in [5.74, 6) is -5.49. The topological polar surface area (TPSA) is 160 Å². The molecule has 7 atom stereocenters. The second-order valence-corrected chi connectivity index (χ2v) is 12.5. The molecule has 0 radical (unpaired) electrons. The van der Waals surface area contributed by atoms with Crippen LogP contribution in [0.1, 0.15) is 65.7 Å². The molecule has 4 aliphatic rings. The van der Waals surface area contributed by atoms with E-state index in [2.05, 4.69) is 4.74 Å². The van der Waals surface area contributed by atoms with Gasteiger partial charge in [0.2, 0.25) is 0 Å². The molecule has 1 saturated heterocycles. The number of carbonyl (C=O) groups excluding carboxylic acids is 4. The maximum Gasteiger partial charge on any atom is 0.405 e. The molecule has 1 N–H and O–H groups in total. The summed E-state index contributed by atoms with van der Waals surface area (Å²) in [5, 5.41) is -4.73. The Morgan fingerprint density at radius 2 is 1.71 bits per heavy atom. The normalized spacial score (nSPS) is 32.2. The van der Waals surface area contributed by atoms with E-state index in [-0.39, 0.29) is 11.8 Å². The lowest BCUT2D eigenvalue weighted by Crippen LogP contribution is -2.47. The summed E-state index contributed by atoms with van der Waals surface area (Å²) >= 11 is 0. The number of hydrogen-bond donors (Lipinski definition) is 1. The Morgan fingerprint density at radius 1 is 1.11 bits per heavy atom. The van der Waals surface area contributed by atoms with Gasteiger partial charge in [-0.3, -0.25) is 23.7 Å². The lowest BCUT2D eigenvalue weighted by Gasteiger charge is -2.37. The Labute approximate surface area is 218 Å². The zero-order valence-electron chi connectivity index (χ0n) is 21.3. The number of ether oxygens (including phenoxy) is 4. The summed E-state index contributed by atoms with van der Waals surface area (Å²) in [4.78, 5) is 50.4. The molecule has 4 fully saturated rings. The van der Waals surface area contributed by atoms with Gasteiger partial charge in [-0.1, -0.05) is 13.8 Å². The lowest BCUT2D eigenvalue weighted by molar-refractivity contribution is -0.178. The van der Waals surface area contributed by atoms with E-state index in [1.54, 1.807) is 0 Å². The first-order valence-corrected chi connectivity index (χ1v) is 14.2. The van der Waals surface area contributed by atoms with E-state index in [0.717, 1.165) is 25.7 Å². The number of hydrogen-bond acceptors (Lipinski definition) is 10. The third-order valence-corrected chi connectivity index (χ3v) is 9.57. The van der Waals surface area contributed by atoms with Gasteiger partial charge < -0.3 is 18.9 Å². The smallest absolute Gasteiger partial charge is 0.405 e. The Bertz CT molecular complexity index is 1100. The second kappa shape index (κ2) is 10.00. The molecule has 0 amide bonds. The molecule has 0 aromatic rings. The minimum absolute atomic E-state index is 0.0874. The molecule has 4 rings (SSSR count). The fourth-order valence-corrected chi connectivity index (χ4v) is 6.92. The highest BCUT2D eigenvalue weighted by molar-refractivity contribution is 7.86. The van der Waals surface area contributed by atoms with Crippen LogP contribution in [0.5, 0.6) is 0 Å². The van der Waals surface area contributed by atoms with Crippen molar-refractivity contribution in [1.29, 1.82) is 0 Å². The van der Waals surface area contributed by atoms with Crippen LogP contribution < -0.4 is 0 Å². The first-order valence-electron chi connectivity index (χ1n) is 12.8. The van der Waals surface area contributed by atoms with E-state index in [1.165, 1.54) is 0 Å². The summed E-state index contributed by atoms with van der Waals surface area (Å²) in [6.07, 6.45) is -1.68. The van der Waals surface area contributed by atoms with Gasteiger partial charge in [0.05, 0.1) is 24.7 Å². The molecule has 214 valence electrons. The molecule has 0 aromatic heterocycles. The Hall–Kier alpha value is -2.35. The Balaban J connectivity index is 1.37. The fraction of sp³-hybridized carbons (Fsp3) is 0.833. The minimum atomic E-state index is -5.82. The number of carbonyl (C=O) groups is 4. The third-order valence-electron chi connectivity index (χ3n) is 8.55. The van der Waals surface area contributed by atoms with Crippen LogP contribution in [0.4, 0.5) is 8.78 Å².